The first-order valence-electron chi connectivity index (χ1n) is 4.26. The van der Waals surface area contributed by atoms with Crippen LogP contribution in [0.4, 0.5) is 13.2 Å². The number of rotatable bonds is 5. The zero-order valence-corrected chi connectivity index (χ0v) is 7.91. The van der Waals surface area contributed by atoms with E-state index in [1.165, 1.54) is 0 Å². The molecule has 14 heavy (non-hydrogen) atoms. The van der Waals surface area contributed by atoms with E-state index in [0.717, 1.165) is 0 Å². The predicted octanol–water partition coefficient (Wildman–Crippen LogP) is 0.400. The lowest BCUT2D eigenvalue weighted by molar-refractivity contribution is -0.153. The zero-order chi connectivity index (χ0) is 11.2. The molecule has 0 heterocycles. The third kappa shape index (κ3) is 5.63. The zero-order valence-electron chi connectivity index (χ0n) is 7.91. The summed E-state index contributed by atoms with van der Waals surface area (Å²) in [6.07, 6.45) is -4.52. The maximum atomic E-state index is 12.3. The van der Waals surface area contributed by atoms with E-state index in [1.807, 2.05) is 5.32 Å². The molecule has 7 heteroatoms. The minimum absolute atomic E-state index is 0.142. The van der Waals surface area contributed by atoms with E-state index in [1.54, 1.807) is 6.92 Å². The van der Waals surface area contributed by atoms with Crippen LogP contribution >= 0.6 is 0 Å². The van der Waals surface area contributed by atoms with E-state index < -0.39 is 18.2 Å². The lowest BCUT2D eigenvalue weighted by Crippen LogP contribution is -2.49. The Morgan fingerprint density at radius 2 is 2.07 bits per heavy atom. The van der Waals surface area contributed by atoms with Gasteiger partial charge in [-0.15, -0.1) is 0 Å². The summed E-state index contributed by atoms with van der Waals surface area (Å²) in [5.41, 5.74) is 4.85. The molecule has 0 aromatic rings. The van der Waals surface area contributed by atoms with Gasteiger partial charge in [-0.05, 0) is 19.5 Å². The third-order valence-electron chi connectivity index (χ3n) is 1.58. The first kappa shape index (κ1) is 13.0. The molecular weight excluding hydrogens is 197 g/mol. The molecular formula is C7H15F3N4. The molecule has 4 nitrogen and oxygen atoms in total. The van der Waals surface area contributed by atoms with E-state index >= 15 is 0 Å². The van der Waals surface area contributed by atoms with Crippen molar-refractivity contribution in [1.82, 2.24) is 10.6 Å². The lowest BCUT2D eigenvalue weighted by Gasteiger charge is -2.21. The van der Waals surface area contributed by atoms with Gasteiger partial charge in [0.25, 0.3) is 0 Å². The Morgan fingerprint density at radius 3 is 2.43 bits per heavy atom. The van der Waals surface area contributed by atoms with Crippen LogP contribution in [0.25, 0.3) is 0 Å². The van der Waals surface area contributed by atoms with Crippen molar-refractivity contribution in [3.05, 3.63) is 0 Å². The molecule has 0 aromatic carbocycles. The SMILES string of the molecule is CCNCCC(NC(=N)N)C(F)(F)F. The van der Waals surface area contributed by atoms with Crippen LogP contribution in [0.1, 0.15) is 13.3 Å². The Kier molecular flexibility index (Phi) is 5.29. The van der Waals surface area contributed by atoms with Gasteiger partial charge in [0.15, 0.2) is 5.96 Å². The van der Waals surface area contributed by atoms with Crippen LogP contribution in [-0.4, -0.2) is 31.3 Å². The van der Waals surface area contributed by atoms with Gasteiger partial charge in [-0.2, -0.15) is 13.2 Å². The minimum atomic E-state index is -4.37. The van der Waals surface area contributed by atoms with Crippen molar-refractivity contribution in [2.24, 2.45) is 5.73 Å². The Labute approximate surface area is 80.6 Å². The monoisotopic (exact) mass is 212 g/mol. The van der Waals surface area contributed by atoms with Gasteiger partial charge < -0.3 is 16.4 Å². The molecule has 0 amide bonds. The van der Waals surface area contributed by atoms with Crippen LogP contribution < -0.4 is 16.4 Å². The predicted molar refractivity (Wildman–Crippen MR) is 48.1 cm³/mol. The molecule has 0 aliphatic heterocycles. The molecule has 0 rings (SSSR count). The van der Waals surface area contributed by atoms with Crippen LogP contribution in [-0.2, 0) is 0 Å². The number of nitrogens with two attached hydrogens (primary N) is 1. The lowest BCUT2D eigenvalue weighted by atomic mass is 10.2. The summed E-state index contributed by atoms with van der Waals surface area (Å²) in [4.78, 5) is 0. The van der Waals surface area contributed by atoms with Crippen molar-refractivity contribution in [3.8, 4) is 0 Å². The number of nitrogens with one attached hydrogen (secondary N) is 3. The molecule has 0 fully saturated rings. The van der Waals surface area contributed by atoms with Gasteiger partial charge in [-0.25, -0.2) is 0 Å². The molecule has 5 N–H and O–H groups in total. The first-order chi connectivity index (χ1) is 6.38. The van der Waals surface area contributed by atoms with Crippen molar-refractivity contribution >= 4 is 5.96 Å². The number of halogens is 3. The maximum absolute atomic E-state index is 12.3. The number of hydrogen-bond acceptors (Lipinski definition) is 2. The second-order valence-corrected chi connectivity index (χ2v) is 2.79. The van der Waals surface area contributed by atoms with Crippen molar-refractivity contribution in [2.75, 3.05) is 13.1 Å². The first-order valence-corrected chi connectivity index (χ1v) is 4.26. The van der Waals surface area contributed by atoms with Gasteiger partial charge in [0.1, 0.15) is 6.04 Å². The molecule has 0 spiro atoms. The van der Waals surface area contributed by atoms with Gasteiger partial charge in [0.2, 0.25) is 0 Å². The summed E-state index contributed by atoms with van der Waals surface area (Å²) < 4.78 is 36.8. The van der Waals surface area contributed by atoms with E-state index in [2.05, 4.69) is 5.32 Å². The molecule has 0 bridgehead atoms. The molecule has 0 radical (unpaired) electrons. The summed E-state index contributed by atoms with van der Waals surface area (Å²) in [6.45, 7) is 2.66. The molecule has 0 saturated heterocycles. The fourth-order valence-corrected chi connectivity index (χ4v) is 0.929. The largest absolute Gasteiger partial charge is 0.408 e. The van der Waals surface area contributed by atoms with E-state index in [4.69, 9.17) is 11.1 Å². The van der Waals surface area contributed by atoms with Crippen LogP contribution in [0.2, 0.25) is 0 Å². The second-order valence-electron chi connectivity index (χ2n) is 2.79. The number of alkyl halides is 3. The van der Waals surface area contributed by atoms with Crippen LogP contribution in [0.5, 0.6) is 0 Å². The van der Waals surface area contributed by atoms with Crippen molar-refractivity contribution in [2.45, 2.75) is 25.6 Å². The summed E-state index contributed by atoms with van der Waals surface area (Å²) >= 11 is 0. The molecule has 0 saturated carbocycles. The normalized spacial score (nSPS) is 13.7. The average molecular weight is 212 g/mol. The molecule has 0 aliphatic carbocycles. The van der Waals surface area contributed by atoms with Crippen molar-refractivity contribution in [3.63, 3.8) is 0 Å². The molecule has 1 atom stereocenters. The van der Waals surface area contributed by atoms with Crippen molar-refractivity contribution in [1.29, 1.82) is 5.41 Å². The summed E-state index contributed by atoms with van der Waals surface area (Å²) in [5.74, 6) is -0.663. The van der Waals surface area contributed by atoms with Crippen molar-refractivity contribution < 1.29 is 13.2 Å². The highest BCUT2D eigenvalue weighted by atomic mass is 19.4. The fraction of sp³-hybridized carbons (Fsp3) is 0.857. The number of guanidine groups is 1. The molecule has 84 valence electrons. The van der Waals surface area contributed by atoms with E-state index in [0.29, 0.717) is 6.54 Å². The van der Waals surface area contributed by atoms with Gasteiger partial charge in [-0.1, -0.05) is 6.92 Å². The summed E-state index contributed by atoms with van der Waals surface area (Å²) in [5, 5.41) is 11.4. The smallest absolute Gasteiger partial charge is 0.370 e. The molecule has 0 aromatic heterocycles. The number of hydrogen-bond donors (Lipinski definition) is 4. The highest BCUT2D eigenvalue weighted by Crippen LogP contribution is 2.21. The fourth-order valence-electron chi connectivity index (χ4n) is 0.929. The summed E-state index contributed by atoms with van der Waals surface area (Å²) in [7, 11) is 0. The van der Waals surface area contributed by atoms with Gasteiger partial charge >= 0.3 is 6.18 Å². The highest BCUT2D eigenvalue weighted by Gasteiger charge is 2.39. The highest BCUT2D eigenvalue weighted by molar-refractivity contribution is 5.74. The van der Waals surface area contributed by atoms with Crippen LogP contribution in [0.3, 0.4) is 0 Å². The Bertz CT molecular complexity index is 180. The standard InChI is InChI=1S/C7H15F3N4/c1-2-13-4-3-5(7(8,9)10)14-6(11)12/h5,13H,2-4H2,1H3,(H4,11,12,14). The average Bonchev–Trinajstić information content (AvgIpc) is 2.00. The Balaban J connectivity index is 4.05. The molecule has 1 unspecified atom stereocenters. The Hall–Kier alpha value is -0.980. The second kappa shape index (κ2) is 5.69. The molecule has 0 aliphatic rings. The van der Waals surface area contributed by atoms with Gasteiger partial charge in [0.05, 0.1) is 0 Å². The third-order valence-corrected chi connectivity index (χ3v) is 1.58. The van der Waals surface area contributed by atoms with Crippen LogP contribution in [0, 0.1) is 5.41 Å². The van der Waals surface area contributed by atoms with Crippen LogP contribution in [0.15, 0.2) is 0 Å². The Morgan fingerprint density at radius 1 is 1.50 bits per heavy atom. The topological polar surface area (TPSA) is 73.9 Å². The summed E-state index contributed by atoms with van der Waals surface area (Å²) in [6, 6.07) is -1.75. The van der Waals surface area contributed by atoms with Gasteiger partial charge in [0, 0.05) is 0 Å². The van der Waals surface area contributed by atoms with E-state index in [-0.39, 0.29) is 13.0 Å². The van der Waals surface area contributed by atoms with E-state index in [9.17, 15) is 13.2 Å². The van der Waals surface area contributed by atoms with Gasteiger partial charge in [-0.3, -0.25) is 5.41 Å². The maximum Gasteiger partial charge on any atom is 0.408 e. The minimum Gasteiger partial charge on any atom is -0.370 e. The quantitative estimate of drug-likeness (QED) is 0.303.